The molecule has 0 fully saturated rings. The number of rotatable bonds is 5. The Morgan fingerprint density at radius 1 is 0.272 bits per heavy atom. The zero-order valence-electron chi connectivity index (χ0n) is 48.8. The summed E-state index contributed by atoms with van der Waals surface area (Å²) in [5.74, 6) is 0. The molecule has 0 aliphatic heterocycles. The Hall–Kier alpha value is -10.8. The van der Waals surface area contributed by atoms with E-state index in [-0.39, 0.29) is 7.43 Å². The van der Waals surface area contributed by atoms with Gasteiger partial charge < -0.3 is 19.1 Å². The van der Waals surface area contributed by atoms with E-state index < -0.39 is 0 Å². The van der Waals surface area contributed by atoms with E-state index in [0.29, 0.717) is 0 Å². The third kappa shape index (κ3) is 9.22. The van der Waals surface area contributed by atoms with Gasteiger partial charge in [-0.1, -0.05) is 217 Å². The van der Waals surface area contributed by atoms with Crippen LogP contribution < -0.4 is 10.2 Å². The van der Waals surface area contributed by atoms with Gasteiger partial charge in [-0.15, -0.1) is 22.7 Å². The average Bonchev–Trinajstić information content (AvgIpc) is 1.34. The summed E-state index contributed by atoms with van der Waals surface area (Å²) in [6, 6.07) is 108. The van der Waals surface area contributed by atoms with Gasteiger partial charge in [0.05, 0.1) is 20.8 Å². The minimum absolute atomic E-state index is 0. The fourth-order valence-corrected chi connectivity index (χ4v) is 16.6. The SMILES string of the molecule is Brc1ccc2oc3cc4c5ccccc5c5ccccc5c4cc3c2c1.C.c1ccc(N(c2ccc3oc4cc5c6ccccc6c6ccccc6c5cc4c3c2)c2cccc3c2sc2ccccc23)cc1.c1ccc(Nc2cccc3c2sc2ccccc23)cc1. The molecule has 4 nitrogen and oxygen atoms in total. The van der Waals surface area contributed by atoms with E-state index in [9.17, 15) is 0 Å². The number of anilines is 5. The molecule has 0 radical (unpaired) electrons. The minimum atomic E-state index is 0. The Morgan fingerprint density at radius 3 is 1.20 bits per heavy atom. The van der Waals surface area contributed by atoms with Crippen LogP contribution in [0.4, 0.5) is 28.4 Å². The van der Waals surface area contributed by atoms with Crippen molar-refractivity contribution in [1.29, 1.82) is 0 Å². The molecule has 0 saturated heterocycles. The highest BCUT2D eigenvalue weighted by atomic mass is 79.9. The summed E-state index contributed by atoms with van der Waals surface area (Å²) in [4.78, 5) is 2.39. The summed E-state index contributed by atoms with van der Waals surface area (Å²) in [6.07, 6.45) is 0. The molecule has 0 bridgehead atoms. The molecule has 0 aliphatic carbocycles. The number of hydrogen-bond acceptors (Lipinski definition) is 6. The van der Waals surface area contributed by atoms with Crippen LogP contribution in [0.1, 0.15) is 7.43 Å². The number of para-hydroxylation sites is 2. The first kappa shape index (κ1) is 55.3. The number of nitrogens with zero attached hydrogens (tertiary/aromatic N) is 1. The Morgan fingerprint density at radius 2 is 0.663 bits per heavy atom. The van der Waals surface area contributed by atoms with Gasteiger partial charge in [0.1, 0.15) is 22.3 Å². The predicted molar refractivity (Wildman–Crippen MR) is 404 cm³/mol. The normalized spacial score (nSPS) is 11.7. The second-order valence-corrected chi connectivity index (χ2v) is 26.2. The van der Waals surface area contributed by atoms with Crippen molar-refractivity contribution in [2.24, 2.45) is 0 Å². The van der Waals surface area contributed by atoms with Gasteiger partial charge in [-0.25, -0.2) is 0 Å². The van der Waals surface area contributed by atoms with Crippen LogP contribution in [0.2, 0.25) is 0 Å². The quantitative estimate of drug-likeness (QED) is 0.174. The van der Waals surface area contributed by atoms with E-state index in [0.717, 1.165) is 65.4 Å². The van der Waals surface area contributed by atoms with Crippen molar-refractivity contribution in [2.45, 2.75) is 7.43 Å². The summed E-state index contributed by atoms with van der Waals surface area (Å²) >= 11 is 7.29. The van der Waals surface area contributed by atoms with E-state index in [1.54, 1.807) is 0 Å². The number of nitrogens with one attached hydrogen (secondary N) is 1. The molecule has 4 heterocycles. The largest absolute Gasteiger partial charge is 0.456 e. The molecule has 0 aliphatic rings. The van der Waals surface area contributed by atoms with E-state index in [4.69, 9.17) is 8.83 Å². The average molecular weight is 1280 g/mol. The molecule has 4 aromatic heterocycles. The van der Waals surface area contributed by atoms with Crippen LogP contribution in [0.5, 0.6) is 0 Å². The van der Waals surface area contributed by atoms with Crippen LogP contribution in [0.25, 0.3) is 149 Å². The highest BCUT2D eigenvalue weighted by molar-refractivity contribution is 9.10. The third-order valence-corrected chi connectivity index (χ3v) is 20.9. The van der Waals surface area contributed by atoms with Crippen molar-refractivity contribution in [3.05, 3.63) is 308 Å². The molecule has 0 saturated carbocycles. The number of thiophene rings is 2. The lowest BCUT2D eigenvalue weighted by Gasteiger charge is -2.26. The molecule has 0 unspecified atom stereocenters. The first-order chi connectivity index (χ1) is 45.0. The molecule has 0 amide bonds. The maximum absolute atomic E-state index is 6.56. The van der Waals surface area contributed by atoms with Crippen LogP contribution in [-0.2, 0) is 0 Å². The van der Waals surface area contributed by atoms with E-state index in [2.05, 4.69) is 299 Å². The Labute approximate surface area is 546 Å². The molecular formula is C85H55BrN2O2S2. The monoisotopic (exact) mass is 1280 g/mol. The second-order valence-electron chi connectivity index (χ2n) is 23.2. The van der Waals surface area contributed by atoms with Gasteiger partial charge >= 0.3 is 0 Å². The lowest BCUT2D eigenvalue weighted by atomic mass is 9.93. The first-order valence-corrected chi connectivity index (χ1v) is 33.0. The van der Waals surface area contributed by atoms with Gasteiger partial charge in [-0.3, -0.25) is 0 Å². The lowest BCUT2D eigenvalue weighted by molar-refractivity contribution is 0.669. The summed E-state index contributed by atoms with van der Waals surface area (Å²) in [7, 11) is 0. The summed E-state index contributed by atoms with van der Waals surface area (Å²) in [6.45, 7) is 0. The molecular weight excluding hydrogens is 1220 g/mol. The molecule has 20 rings (SSSR count). The van der Waals surface area contributed by atoms with E-state index in [1.165, 1.54) is 116 Å². The maximum Gasteiger partial charge on any atom is 0.136 e. The smallest absolute Gasteiger partial charge is 0.136 e. The van der Waals surface area contributed by atoms with E-state index >= 15 is 0 Å². The van der Waals surface area contributed by atoms with Gasteiger partial charge in [-0.2, -0.15) is 0 Å². The zero-order valence-corrected chi connectivity index (χ0v) is 52.0. The molecule has 7 heteroatoms. The molecule has 436 valence electrons. The van der Waals surface area contributed by atoms with E-state index in [1.807, 2.05) is 53.0 Å². The summed E-state index contributed by atoms with van der Waals surface area (Å²) in [5.41, 5.74) is 9.36. The Bertz CT molecular complexity index is 6280. The highest BCUT2D eigenvalue weighted by Crippen LogP contribution is 2.48. The topological polar surface area (TPSA) is 41.6 Å². The minimum Gasteiger partial charge on any atom is -0.456 e. The maximum atomic E-state index is 6.56. The molecule has 20 aromatic rings. The summed E-state index contributed by atoms with van der Waals surface area (Å²) < 4.78 is 19.0. The standard InChI is InChI=1S/C42H25NOS.C24H13BrO.C18H13NS.CH4/c1-2-11-26(12-3-1)43(38-19-10-18-33-32-17-8-9-20-41(32)45-42(33)38)27-21-22-39-36(23-27)37-24-34-30-15-6-4-13-28(30)29-14-5-7-16-31(29)35(34)25-40(37)44-39;25-14-9-10-23-21(11-14)22-12-19-17-7-3-1-5-15(17)16-6-2-4-8-18(16)20(19)13-24(22)26-23;1-2-7-13(8-3-1)19-16-11-6-10-15-14-9-4-5-12-17(14)20-18(15)16;/h1-25H;1-13H;1-12,19H;1H4. The van der Waals surface area contributed by atoms with Gasteiger partial charge in [0.15, 0.2) is 0 Å². The van der Waals surface area contributed by atoms with Gasteiger partial charge in [0.2, 0.25) is 0 Å². The summed E-state index contributed by atoms with van der Waals surface area (Å²) in [5, 5.41) is 28.5. The number of halogens is 1. The van der Waals surface area contributed by atoms with Crippen molar-refractivity contribution < 1.29 is 8.83 Å². The first-order valence-electron chi connectivity index (χ1n) is 30.6. The van der Waals surface area contributed by atoms with Crippen LogP contribution >= 0.6 is 38.6 Å². The number of hydrogen-bond donors (Lipinski definition) is 1. The number of benzene rings is 16. The Balaban J connectivity index is 0.000000116. The van der Waals surface area contributed by atoms with Gasteiger partial charge in [0.25, 0.3) is 0 Å². The molecule has 1 N–H and O–H groups in total. The Kier molecular flexibility index (Phi) is 13.6. The fourth-order valence-electron chi connectivity index (χ4n) is 13.9. The van der Waals surface area contributed by atoms with Crippen LogP contribution in [0, 0.1) is 0 Å². The van der Waals surface area contributed by atoms with Crippen LogP contribution in [-0.4, -0.2) is 0 Å². The molecule has 0 spiro atoms. The number of furan rings is 2. The molecule has 92 heavy (non-hydrogen) atoms. The van der Waals surface area contributed by atoms with Crippen LogP contribution in [0.3, 0.4) is 0 Å². The third-order valence-electron chi connectivity index (χ3n) is 18.0. The predicted octanol–water partition coefficient (Wildman–Crippen LogP) is 27.1. The van der Waals surface area contributed by atoms with Crippen LogP contribution in [0.15, 0.2) is 317 Å². The zero-order chi connectivity index (χ0) is 60.1. The number of fused-ring (bicyclic) bond motifs is 24. The van der Waals surface area contributed by atoms with Crippen molar-refractivity contribution in [1.82, 2.24) is 0 Å². The van der Waals surface area contributed by atoms with Crippen molar-refractivity contribution in [2.75, 3.05) is 10.2 Å². The lowest BCUT2D eigenvalue weighted by Crippen LogP contribution is -2.09. The molecule has 0 atom stereocenters. The van der Waals surface area contributed by atoms with Crippen molar-refractivity contribution in [3.8, 4) is 0 Å². The fraction of sp³-hybridized carbons (Fsp3) is 0.0118. The second kappa shape index (κ2) is 22.6. The van der Waals surface area contributed by atoms with Gasteiger partial charge in [0, 0.05) is 74.0 Å². The van der Waals surface area contributed by atoms with Crippen molar-refractivity contribution >= 4 is 216 Å². The molecule has 16 aromatic carbocycles. The van der Waals surface area contributed by atoms with Gasteiger partial charge in [-0.05, 0) is 174 Å². The highest BCUT2D eigenvalue weighted by Gasteiger charge is 2.21. The van der Waals surface area contributed by atoms with Crippen molar-refractivity contribution in [3.63, 3.8) is 0 Å².